The van der Waals surface area contributed by atoms with E-state index in [-0.39, 0.29) is 30.5 Å². The molecule has 1 aromatic carbocycles. The fourth-order valence-electron chi connectivity index (χ4n) is 1.78. The molecule has 0 unspecified atom stereocenters. The standard InChI is InChI=1S/C15H22N2O3.ClH/c1-10(18)11-5-6-13(20-4)12(7-11)8-14(19)17-15(2,3)9-16;/h5-7H,8-9,16H2,1-4H3,(H,17,19);1H. The summed E-state index contributed by atoms with van der Waals surface area (Å²) in [7, 11) is 1.54. The van der Waals surface area contributed by atoms with E-state index in [1.54, 1.807) is 18.2 Å². The van der Waals surface area contributed by atoms with Crippen LogP contribution in [0.1, 0.15) is 36.7 Å². The van der Waals surface area contributed by atoms with Crippen LogP contribution in [0.3, 0.4) is 0 Å². The van der Waals surface area contributed by atoms with Gasteiger partial charge < -0.3 is 15.8 Å². The van der Waals surface area contributed by atoms with Gasteiger partial charge in [0.25, 0.3) is 0 Å². The summed E-state index contributed by atoms with van der Waals surface area (Å²) in [5.74, 6) is 0.395. The van der Waals surface area contributed by atoms with E-state index in [0.29, 0.717) is 23.4 Å². The zero-order chi connectivity index (χ0) is 15.3. The number of ether oxygens (including phenoxy) is 1. The summed E-state index contributed by atoms with van der Waals surface area (Å²) in [5, 5.41) is 2.85. The zero-order valence-corrected chi connectivity index (χ0v) is 13.7. The maximum Gasteiger partial charge on any atom is 0.225 e. The number of benzene rings is 1. The molecule has 3 N–H and O–H groups in total. The van der Waals surface area contributed by atoms with Crippen LogP contribution in [-0.2, 0) is 11.2 Å². The number of nitrogens with two attached hydrogens (primary N) is 1. The number of nitrogens with one attached hydrogen (secondary N) is 1. The molecule has 0 radical (unpaired) electrons. The van der Waals surface area contributed by atoms with Crippen molar-refractivity contribution in [1.29, 1.82) is 0 Å². The molecule has 0 atom stereocenters. The van der Waals surface area contributed by atoms with Crippen molar-refractivity contribution < 1.29 is 14.3 Å². The summed E-state index contributed by atoms with van der Waals surface area (Å²) >= 11 is 0. The van der Waals surface area contributed by atoms with Crippen LogP contribution >= 0.6 is 12.4 Å². The Balaban J connectivity index is 0.00000400. The minimum absolute atomic E-state index is 0. The van der Waals surface area contributed by atoms with E-state index in [2.05, 4.69) is 5.32 Å². The van der Waals surface area contributed by atoms with Gasteiger partial charge in [-0.25, -0.2) is 0 Å². The first-order valence-electron chi connectivity index (χ1n) is 6.48. The molecule has 0 aliphatic heterocycles. The van der Waals surface area contributed by atoms with Crippen molar-refractivity contribution >= 4 is 24.1 Å². The second-order valence-electron chi connectivity index (χ2n) is 5.40. The lowest BCUT2D eigenvalue weighted by atomic mass is 10.0. The van der Waals surface area contributed by atoms with E-state index < -0.39 is 5.54 Å². The van der Waals surface area contributed by atoms with Crippen LogP contribution in [-0.4, -0.2) is 30.9 Å². The Morgan fingerprint density at radius 1 is 1.33 bits per heavy atom. The van der Waals surface area contributed by atoms with Gasteiger partial charge in [0.2, 0.25) is 5.91 Å². The molecule has 118 valence electrons. The van der Waals surface area contributed by atoms with Crippen molar-refractivity contribution in [1.82, 2.24) is 5.32 Å². The SMILES string of the molecule is COc1ccc(C(C)=O)cc1CC(=O)NC(C)(C)CN.Cl. The quantitative estimate of drug-likeness (QED) is 0.783. The van der Waals surface area contributed by atoms with Gasteiger partial charge >= 0.3 is 0 Å². The lowest BCUT2D eigenvalue weighted by Gasteiger charge is -2.24. The van der Waals surface area contributed by atoms with Crippen LogP contribution in [0.5, 0.6) is 5.75 Å². The minimum Gasteiger partial charge on any atom is -0.496 e. The van der Waals surface area contributed by atoms with Gasteiger partial charge in [0, 0.05) is 23.2 Å². The van der Waals surface area contributed by atoms with Crippen LogP contribution in [0.15, 0.2) is 18.2 Å². The number of ketones is 1. The highest BCUT2D eigenvalue weighted by Gasteiger charge is 2.19. The molecule has 0 aromatic heterocycles. The van der Waals surface area contributed by atoms with E-state index >= 15 is 0 Å². The molecule has 0 saturated carbocycles. The first kappa shape index (κ1) is 19.4. The molecule has 0 bridgehead atoms. The Kier molecular flexibility index (Phi) is 7.39. The van der Waals surface area contributed by atoms with Crippen LogP contribution in [0.4, 0.5) is 0 Å². The monoisotopic (exact) mass is 314 g/mol. The zero-order valence-electron chi connectivity index (χ0n) is 12.9. The molecule has 0 saturated heterocycles. The molecule has 0 spiro atoms. The number of rotatable bonds is 6. The lowest BCUT2D eigenvalue weighted by Crippen LogP contribution is -2.49. The molecule has 5 nitrogen and oxygen atoms in total. The van der Waals surface area contributed by atoms with Gasteiger partial charge in [0.05, 0.1) is 13.5 Å². The van der Waals surface area contributed by atoms with Gasteiger partial charge in [-0.15, -0.1) is 12.4 Å². The Morgan fingerprint density at radius 3 is 2.43 bits per heavy atom. The molecule has 0 aliphatic carbocycles. The normalized spacial score (nSPS) is 10.5. The van der Waals surface area contributed by atoms with Crippen molar-refractivity contribution in [3.05, 3.63) is 29.3 Å². The number of Topliss-reactive ketones (excluding diaryl/α,β-unsaturated/α-hetero) is 1. The molecule has 21 heavy (non-hydrogen) atoms. The predicted octanol–water partition coefficient (Wildman–Crippen LogP) is 1.72. The van der Waals surface area contributed by atoms with Crippen LogP contribution in [0.25, 0.3) is 0 Å². The van der Waals surface area contributed by atoms with Gasteiger partial charge in [-0.05, 0) is 39.0 Å². The molecule has 1 aromatic rings. The van der Waals surface area contributed by atoms with E-state index in [9.17, 15) is 9.59 Å². The molecule has 0 aliphatic rings. The molecule has 6 heteroatoms. The van der Waals surface area contributed by atoms with Crippen molar-refractivity contribution in [2.24, 2.45) is 5.73 Å². The summed E-state index contributed by atoms with van der Waals surface area (Å²) in [6, 6.07) is 5.08. The summed E-state index contributed by atoms with van der Waals surface area (Å²) in [5.41, 5.74) is 6.38. The number of carbonyl (C=O) groups excluding carboxylic acids is 2. The Bertz CT molecular complexity index is 516. The predicted molar refractivity (Wildman–Crippen MR) is 85.2 cm³/mol. The molecular weight excluding hydrogens is 292 g/mol. The molecule has 1 rings (SSSR count). The smallest absolute Gasteiger partial charge is 0.225 e. The van der Waals surface area contributed by atoms with Crippen LogP contribution in [0.2, 0.25) is 0 Å². The Hall–Kier alpha value is -1.59. The first-order chi connectivity index (χ1) is 9.29. The summed E-state index contributed by atoms with van der Waals surface area (Å²) in [4.78, 5) is 23.4. The highest BCUT2D eigenvalue weighted by molar-refractivity contribution is 5.94. The van der Waals surface area contributed by atoms with Crippen LogP contribution in [0, 0.1) is 0 Å². The highest BCUT2D eigenvalue weighted by Crippen LogP contribution is 2.21. The van der Waals surface area contributed by atoms with E-state index in [1.165, 1.54) is 14.0 Å². The third-order valence-corrected chi connectivity index (χ3v) is 3.03. The average Bonchev–Trinajstić information content (AvgIpc) is 2.37. The summed E-state index contributed by atoms with van der Waals surface area (Å²) < 4.78 is 5.22. The minimum atomic E-state index is -0.456. The highest BCUT2D eigenvalue weighted by atomic mass is 35.5. The largest absolute Gasteiger partial charge is 0.496 e. The Morgan fingerprint density at radius 2 is 1.95 bits per heavy atom. The molecule has 1 amide bonds. The maximum absolute atomic E-state index is 12.0. The number of amides is 1. The van der Waals surface area contributed by atoms with Gasteiger partial charge in [-0.3, -0.25) is 9.59 Å². The molecule has 0 heterocycles. The van der Waals surface area contributed by atoms with Crippen molar-refractivity contribution in [2.45, 2.75) is 32.7 Å². The van der Waals surface area contributed by atoms with Gasteiger partial charge in [-0.1, -0.05) is 0 Å². The first-order valence-corrected chi connectivity index (χ1v) is 6.48. The third-order valence-electron chi connectivity index (χ3n) is 3.03. The summed E-state index contributed by atoms with van der Waals surface area (Å²) in [6.07, 6.45) is 0.147. The van der Waals surface area contributed by atoms with Gasteiger partial charge in [-0.2, -0.15) is 0 Å². The van der Waals surface area contributed by atoms with E-state index in [1.807, 2.05) is 13.8 Å². The molecular formula is C15H23ClN2O3. The van der Waals surface area contributed by atoms with E-state index in [0.717, 1.165) is 0 Å². The number of hydrogen-bond acceptors (Lipinski definition) is 4. The van der Waals surface area contributed by atoms with Gasteiger partial charge in [0.1, 0.15) is 5.75 Å². The van der Waals surface area contributed by atoms with Crippen molar-refractivity contribution in [3.8, 4) is 5.75 Å². The van der Waals surface area contributed by atoms with Crippen molar-refractivity contribution in [3.63, 3.8) is 0 Å². The second-order valence-corrected chi connectivity index (χ2v) is 5.40. The number of hydrogen-bond donors (Lipinski definition) is 2. The van der Waals surface area contributed by atoms with Crippen LogP contribution < -0.4 is 15.8 Å². The second kappa shape index (κ2) is 8.00. The summed E-state index contributed by atoms with van der Waals surface area (Å²) in [6.45, 7) is 5.55. The lowest BCUT2D eigenvalue weighted by molar-refractivity contribution is -0.121. The fourth-order valence-corrected chi connectivity index (χ4v) is 1.78. The maximum atomic E-state index is 12.0. The number of methoxy groups -OCH3 is 1. The van der Waals surface area contributed by atoms with E-state index in [4.69, 9.17) is 10.5 Å². The Labute approximate surface area is 131 Å². The fraction of sp³-hybridized carbons (Fsp3) is 0.467. The van der Waals surface area contributed by atoms with Crippen molar-refractivity contribution in [2.75, 3.05) is 13.7 Å². The number of halogens is 1. The third kappa shape index (κ3) is 5.73. The number of carbonyl (C=O) groups is 2. The molecule has 0 fully saturated rings. The van der Waals surface area contributed by atoms with Gasteiger partial charge in [0.15, 0.2) is 5.78 Å². The average molecular weight is 315 g/mol. The topological polar surface area (TPSA) is 81.4 Å².